The van der Waals surface area contributed by atoms with Crippen LogP contribution in [-0.4, -0.2) is 42.9 Å². The lowest BCUT2D eigenvalue weighted by atomic mass is 9.81. The fourth-order valence-corrected chi connectivity index (χ4v) is 4.41. The predicted octanol–water partition coefficient (Wildman–Crippen LogP) is 3.37. The van der Waals surface area contributed by atoms with Gasteiger partial charge in [-0.3, -0.25) is 10.2 Å². The largest absolute Gasteiger partial charge is 0.508 e. The van der Waals surface area contributed by atoms with Gasteiger partial charge in [0.25, 0.3) is 0 Å². The van der Waals surface area contributed by atoms with Gasteiger partial charge in [-0.05, 0) is 61.5 Å². The number of rotatable bonds is 2. The molecule has 1 saturated heterocycles. The van der Waals surface area contributed by atoms with Gasteiger partial charge in [0.1, 0.15) is 11.5 Å². The number of ether oxygens (including phenoxy) is 1. The van der Waals surface area contributed by atoms with E-state index in [-0.39, 0.29) is 11.2 Å². The molecule has 2 N–H and O–H groups in total. The van der Waals surface area contributed by atoms with E-state index in [1.807, 2.05) is 18.2 Å². The summed E-state index contributed by atoms with van der Waals surface area (Å²) < 4.78 is 5.48. The Morgan fingerprint density at radius 2 is 1.96 bits per heavy atom. The van der Waals surface area contributed by atoms with E-state index in [9.17, 15) is 9.90 Å². The normalized spacial score (nSPS) is 24.3. The molecular weight excluding hydrogens is 330 g/mol. The predicted molar refractivity (Wildman–Crippen MR) is 101 cm³/mol. The summed E-state index contributed by atoms with van der Waals surface area (Å²) >= 11 is 0. The van der Waals surface area contributed by atoms with E-state index in [2.05, 4.69) is 36.1 Å². The van der Waals surface area contributed by atoms with Gasteiger partial charge in [0.05, 0.1) is 6.17 Å². The fraction of sp³-hybridized carbons (Fsp3) is 0.350. The lowest BCUT2D eigenvalue weighted by Crippen LogP contribution is -2.45. The van der Waals surface area contributed by atoms with Crippen molar-refractivity contribution in [2.75, 3.05) is 30.9 Å². The molecule has 6 nitrogen and oxygen atoms in total. The van der Waals surface area contributed by atoms with Gasteiger partial charge in [0, 0.05) is 30.4 Å². The molecule has 0 aliphatic carbocycles. The van der Waals surface area contributed by atoms with Crippen molar-refractivity contribution in [3.63, 3.8) is 0 Å². The average Bonchev–Trinajstić information content (AvgIpc) is 3.03. The van der Waals surface area contributed by atoms with Crippen LogP contribution in [0.25, 0.3) is 0 Å². The highest BCUT2D eigenvalue weighted by atomic mass is 16.6. The lowest BCUT2D eigenvalue weighted by molar-refractivity contribution is 0.215. The van der Waals surface area contributed by atoms with Crippen molar-refractivity contribution >= 4 is 17.5 Å². The zero-order chi connectivity index (χ0) is 18.5. The number of hydrogen-bond acceptors (Lipinski definition) is 5. The van der Waals surface area contributed by atoms with Gasteiger partial charge in [-0.15, -0.1) is 0 Å². The first-order valence-corrected chi connectivity index (χ1v) is 8.74. The van der Waals surface area contributed by atoms with Gasteiger partial charge >= 0.3 is 6.09 Å². The van der Waals surface area contributed by atoms with E-state index >= 15 is 0 Å². The Kier molecular flexibility index (Phi) is 3.80. The maximum absolute atomic E-state index is 12.2. The number of fused-ring (bicyclic) bond motifs is 3. The molecule has 0 aromatic heterocycles. The van der Waals surface area contributed by atoms with Crippen molar-refractivity contribution in [1.29, 1.82) is 0 Å². The van der Waals surface area contributed by atoms with Crippen molar-refractivity contribution in [1.82, 2.24) is 4.90 Å². The zero-order valence-electron chi connectivity index (χ0n) is 15.2. The Bertz CT molecular complexity index is 852. The summed E-state index contributed by atoms with van der Waals surface area (Å²) in [6.07, 6.45) is 0.861. The highest BCUT2D eigenvalue weighted by Crippen LogP contribution is 2.51. The Morgan fingerprint density at radius 1 is 1.23 bits per heavy atom. The van der Waals surface area contributed by atoms with Crippen molar-refractivity contribution in [2.24, 2.45) is 0 Å². The third-order valence-corrected chi connectivity index (χ3v) is 5.63. The van der Waals surface area contributed by atoms with E-state index in [0.717, 1.165) is 13.0 Å². The number of hydrogen-bond donors (Lipinski definition) is 2. The molecule has 0 bridgehead atoms. The minimum atomic E-state index is -0.549. The summed E-state index contributed by atoms with van der Waals surface area (Å²) in [6, 6.07) is 12.1. The summed E-state index contributed by atoms with van der Waals surface area (Å²) in [7, 11) is 4.27. The molecule has 0 saturated carbocycles. The summed E-state index contributed by atoms with van der Waals surface area (Å²) in [5.74, 6) is 0.681. The summed E-state index contributed by atoms with van der Waals surface area (Å²) in [5.41, 5.74) is 3.02. The second-order valence-electron chi connectivity index (χ2n) is 7.37. The van der Waals surface area contributed by atoms with Gasteiger partial charge in [0.15, 0.2) is 0 Å². The molecule has 2 aliphatic rings. The number of likely N-dealkylation sites (N-methyl/N-ethyl adjacent to an activating group) is 2. The molecule has 4 rings (SSSR count). The molecule has 2 aromatic carbocycles. The van der Waals surface area contributed by atoms with Gasteiger partial charge in [0.2, 0.25) is 0 Å². The van der Waals surface area contributed by atoms with Crippen LogP contribution in [0.5, 0.6) is 11.5 Å². The second kappa shape index (κ2) is 5.92. The van der Waals surface area contributed by atoms with E-state index in [4.69, 9.17) is 4.74 Å². The molecule has 1 unspecified atom stereocenters. The van der Waals surface area contributed by atoms with Gasteiger partial charge in [-0.1, -0.05) is 6.92 Å². The Balaban J connectivity index is 1.54. The highest BCUT2D eigenvalue weighted by Gasteiger charge is 2.52. The number of benzene rings is 2. The Morgan fingerprint density at radius 3 is 2.69 bits per heavy atom. The summed E-state index contributed by atoms with van der Waals surface area (Å²) in [5, 5.41) is 12.0. The quantitative estimate of drug-likeness (QED) is 0.811. The molecule has 2 aliphatic heterocycles. The monoisotopic (exact) mass is 353 g/mol. The first-order chi connectivity index (χ1) is 12.4. The van der Waals surface area contributed by atoms with E-state index in [1.165, 1.54) is 23.4 Å². The van der Waals surface area contributed by atoms with Crippen LogP contribution in [0.15, 0.2) is 42.5 Å². The molecule has 26 heavy (non-hydrogen) atoms. The summed E-state index contributed by atoms with van der Waals surface area (Å²) in [4.78, 5) is 16.9. The Labute approximate surface area is 153 Å². The third-order valence-electron chi connectivity index (χ3n) is 5.63. The van der Waals surface area contributed by atoms with Crippen molar-refractivity contribution in [3.8, 4) is 11.5 Å². The number of phenols is 1. The molecule has 1 fully saturated rings. The number of carbonyl (C=O) groups excluding carboxylic acids is 1. The molecule has 0 radical (unpaired) electrons. The van der Waals surface area contributed by atoms with Gasteiger partial charge in [-0.25, -0.2) is 4.79 Å². The second-order valence-corrected chi connectivity index (χ2v) is 7.37. The Hall–Kier alpha value is -2.73. The molecule has 2 atom stereocenters. The maximum atomic E-state index is 12.2. The standard InChI is InChI=1S/C20H23N3O3/c1-20-10-11-22(2)18(20)23(3)17-9-8-15(12-16(17)20)26-19(25)21-13-4-6-14(24)7-5-13/h4-9,12,18,24H,10-11H2,1-3H3,(H,21,25)/t18?,20-/m0/s1. The average molecular weight is 353 g/mol. The molecule has 0 spiro atoms. The van der Waals surface area contributed by atoms with E-state index in [1.54, 1.807) is 12.1 Å². The molecule has 2 heterocycles. The molecule has 1 amide bonds. The first kappa shape index (κ1) is 16.7. The van der Waals surface area contributed by atoms with E-state index < -0.39 is 6.09 Å². The van der Waals surface area contributed by atoms with Crippen molar-refractivity contribution in [3.05, 3.63) is 48.0 Å². The van der Waals surface area contributed by atoms with Gasteiger partial charge < -0.3 is 14.7 Å². The lowest BCUT2D eigenvalue weighted by Gasteiger charge is -2.32. The number of phenolic OH excluding ortho intramolecular Hbond substituents is 1. The van der Waals surface area contributed by atoms with Crippen LogP contribution in [-0.2, 0) is 5.41 Å². The van der Waals surface area contributed by atoms with Crippen LogP contribution in [0.2, 0.25) is 0 Å². The maximum Gasteiger partial charge on any atom is 0.417 e. The number of likely N-dealkylation sites (tertiary alicyclic amines) is 1. The number of amides is 1. The number of aromatic hydroxyl groups is 1. The third kappa shape index (κ3) is 2.57. The number of nitrogens with zero attached hydrogens (tertiary/aromatic N) is 2. The van der Waals surface area contributed by atoms with Crippen LogP contribution in [0.3, 0.4) is 0 Å². The summed E-state index contributed by atoms with van der Waals surface area (Å²) in [6.45, 7) is 3.33. The molecule has 6 heteroatoms. The SMILES string of the molecule is CN1CC[C@@]2(C)c3cc(OC(=O)Nc4ccc(O)cc4)ccc3N(C)C12. The van der Waals surface area contributed by atoms with E-state index in [0.29, 0.717) is 17.6 Å². The zero-order valence-corrected chi connectivity index (χ0v) is 15.2. The molecular formula is C20H23N3O3. The van der Waals surface area contributed by atoms with Crippen LogP contribution in [0.4, 0.5) is 16.2 Å². The number of carbonyl (C=O) groups is 1. The van der Waals surface area contributed by atoms with Crippen LogP contribution >= 0.6 is 0 Å². The first-order valence-electron chi connectivity index (χ1n) is 8.74. The minimum absolute atomic E-state index is 0.0334. The van der Waals surface area contributed by atoms with Crippen molar-refractivity contribution < 1.29 is 14.6 Å². The fourth-order valence-electron chi connectivity index (χ4n) is 4.41. The van der Waals surface area contributed by atoms with Crippen molar-refractivity contribution in [2.45, 2.75) is 24.9 Å². The minimum Gasteiger partial charge on any atom is -0.508 e. The molecule has 2 aromatic rings. The van der Waals surface area contributed by atoms with Crippen LogP contribution in [0, 0.1) is 0 Å². The van der Waals surface area contributed by atoms with Crippen LogP contribution in [0.1, 0.15) is 18.9 Å². The van der Waals surface area contributed by atoms with Gasteiger partial charge in [-0.2, -0.15) is 0 Å². The number of nitrogens with one attached hydrogen (secondary N) is 1. The highest BCUT2D eigenvalue weighted by molar-refractivity contribution is 5.86. The number of anilines is 2. The van der Waals surface area contributed by atoms with Crippen LogP contribution < -0.4 is 15.0 Å². The topological polar surface area (TPSA) is 65.0 Å². The smallest absolute Gasteiger partial charge is 0.417 e. The molecule has 136 valence electrons.